The number of anilines is 1. The molecule has 22 heteroatoms. The van der Waals surface area contributed by atoms with Crippen LogP contribution >= 0.6 is 11.8 Å². The summed E-state index contributed by atoms with van der Waals surface area (Å²) < 4.78 is 35.9. The van der Waals surface area contributed by atoms with Gasteiger partial charge in [0.05, 0.1) is 24.0 Å². The first-order valence-electron chi connectivity index (χ1n) is 18.2. The number of hydrogen-bond donors (Lipinski definition) is 2. The summed E-state index contributed by atoms with van der Waals surface area (Å²) in [5.74, 6) is -2.85. The minimum Gasteiger partial charge on any atom is -0.464 e. The minimum atomic E-state index is -2.47. The maximum atomic E-state index is 13.8. The molecule has 0 radical (unpaired) electrons. The SMILES string of the molecule is CSc1nc(NC(=O)N[C@H](C(=O)OCCc2ccc([N+](=O)[O-])cc2)[C@@H](C)O[Si](C)(C)C(C)(C)C)c2ncn([C@@H]3O[C@H](COC(C)=O)[C@@H](OC(C)=O)[C@H]3OC(C)=O)c2n1. The van der Waals surface area contributed by atoms with Gasteiger partial charge in [-0.1, -0.05) is 44.7 Å². The average molecular weight is 848 g/mol. The Morgan fingerprint density at radius 3 is 2.21 bits per heavy atom. The molecular weight excluding hydrogens is 799 g/mol. The van der Waals surface area contributed by atoms with E-state index in [0.717, 1.165) is 11.8 Å². The number of nitrogens with one attached hydrogen (secondary N) is 2. The number of imidazole rings is 1. The summed E-state index contributed by atoms with van der Waals surface area (Å²) >= 11 is 1.14. The zero-order valence-electron chi connectivity index (χ0n) is 33.9. The summed E-state index contributed by atoms with van der Waals surface area (Å²) in [7, 11) is -2.47. The molecule has 3 heterocycles. The monoisotopic (exact) mass is 847 g/mol. The van der Waals surface area contributed by atoms with Crippen molar-refractivity contribution < 1.29 is 57.0 Å². The number of carbonyl (C=O) groups excluding carboxylic acids is 5. The van der Waals surface area contributed by atoms with E-state index in [4.69, 9.17) is 28.1 Å². The Morgan fingerprint density at radius 1 is 1.00 bits per heavy atom. The van der Waals surface area contributed by atoms with Crippen LogP contribution in [0, 0.1) is 10.1 Å². The highest BCUT2D eigenvalue weighted by atomic mass is 32.2. The lowest BCUT2D eigenvalue weighted by molar-refractivity contribution is -0.384. The van der Waals surface area contributed by atoms with Crippen molar-refractivity contribution in [1.29, 1.82) is 0 Å². The fourth-order valence-electron chi connectivity index (χ4n) is 5.68. The zero-order chi connectivity index (χ0) is 43.1. The summed E-state index contributed by atoms with van der Waals surface area (Å²) in [4.78, 5) is 87.4. The Labute approximate surface area is 339 Å². The molecule has 0 unspecified atom stereocenters. The molecule has 4 rings (SSSR count). The molecule has 1 aromatic carbocycles. The number of nitro groups is 1. The predicted molar refractivity (Wildman–Crippen MR) is 210 cm³/mol. The Balaban J connectivity index is 1.63. The summed E-state index contributed by atoms with van der Waals surface area (Å²) in [6.45, 7) is 14.9. The van der Waals surface area contributed by atoms with Crippen molar-refractivity contribution in [3.8, 4) is 0 Å². The standard InChI is InChI=1S/C36H49N7O13SSi/c1-19(56-58(9,10)36(5,6)7)26(33(47)51-16-15-23-11-13-24(14-12-23)43(49)50)38-34(48)39-30-27-31(41-35(40-30)57-8)42(18-37-27)32-29(54-22(4)46)28(53-21(3)45)25(55-32)17-52-20(2)44/h11-14,18-19,25-26,28-29,32H,15-17H2,1-10H3,(H2,38,39,40,41,48)/t19-,25-,26+,28-,29-,32-/m1/s1. The molecular formula is C36H49N7O13SSi. The topological polar surface area (TPSA) is 252 Å². The van der Waals surface area contributed by atoms with E-state index in [-0.39, 0.29) is 52.5 Å². The number of non-ortho nitro benzene ring substituents is 1. The summed E-state index contributed by atoms with van der Waals surface area (Å²) in [5, 5.41) is 16.3. The molecule has 1 fully saturated rings. The molecule has 2 amide bonds. The van der Waals surface area contributed by atoms with Crippen molar-refractivity contribution in [2.24, 2.45) is 0 Å². The lowest BCUT2D eigenvalue weighted by Crippen LogP contribution is -2.55. The highest BCUT2D eigenvalue weighted by Crippen LogP contribution is 2.38. The van der Waals surface area contributed by atoms with Gasteiger partial charge in [0.1, 0.15) is 12.7 Å². The van der Waals surface area contributed by atoms with Crippen LogP contribution in [0.5, 0.6) is 0 Å². The van der Waals surface area contributed by atoms with Crippen molar-refractivity contribution >= 4 is 72.7 Å². The second-order valence-corrected chi connectivity index (χ2v) is 20.4. The number of aromatic nitrogens is 4. The van der Waals surface area contributed by atoms with Crippen LogP contribution in [0.15, 0.2) is 35.7 Å². The van der Waals surface area contributed by atoms with Crippen LogP contribution in [0.25, 0.3) is 11.2 Å². The Kier molecular flexibility index (Phi) is 14.9. The van der Waals surface area contributed by atoms with Crippen LogP contribution < -0.4 is 10.6 Å². The van der Waals surface area contributed by atoms with Crippen molar-refractivity contribution in [3.63, 3.8) is 0 Å². The number of thioether (sulfide) groups is 1. The fraction of sp³-hybridized carbons (Fsp3) is 0.556. The van der Waals surface area contributed by atoms with Gasteiger partial charge >= 0.3 is 29.9 Å². The minimum absolute atomic E-state index is 0.0520. The second-order valence-electron chi connectivity index (χ2n) is 14.9. The van der Waals surface area contributed by atoms with E-state index >= 15 is 0 Å². The molecule has 2 aromatic heterocycles. The number of nitro benzene ring substituents is 1. The first kappa shape index (κ1) is 45.5. The molecule has 1 aliphatic rings. The van der Waals surface area contributed by atoms with Crippen molar-refractivity contribution in [2.75, 3.05) is 24.8 Å². The predicted octanol–water partition coefficient (Wildman–Crippen LogP) is 4.47. The number of hydrogen-bond acceptors (Lipinski definition) is 17. The number of fused-ring (bicyclic) bond motifs is 1. The van der Waals surface area contributed by atoms with E-state index in [1.54, 1.807) is 25.3 Å². The van der Waals surface area contributed by atoms with E-state index < -0.39 is 79.8 Å². The van der Waals surface area contributed by atoms with Crippen LogP contribution in [-0.4, -0.2) is 113 Å². The molecule has 0 saturated carbocycles. The molecule has 0 bridgehead atoms. The Morgan fingerprint density at radius 2 is 1.64 bits per heavy atom. The maximum Gasteiger partial charge on any atom is 0.331 e. The number of rotatable bonds is 16. The zero-order valence-corrected chi connectivity index (χ0v) is 35.7. The largest absolute Gasteiger partial charge is 0.464 e. The molecule has 20 nitrogen and oxygen atoms in total. The van der Waals surface area contributed by atoms with Gasteiger partial charge in [0.25, 0.3) is 5.69 Å². The van der Waals surface area contributed by atoms with Crippen molar-refractivity contribution in [3.05, 3.63) is 46.3 Å². The molecule has 1 aliphatic heterocycles. The molecule has 1 saturated heterocycles. The third-order valence-electron chi connectivity index (χ3n) is 9.51. The van der Waals surface area contributed by atoms with Crippen LogP contribution in [-0.2, 0) is 53.7 Å². The summed E-state index contributed by atoms with van der Waals surface area (Å²) in [5.41, 5.74) is 0.842. The first-order chi connectivity index (χ1) is 27.1. The van der Waals surface area contributed by atoms with E-state index in [1.807, 2.05) is 33.9 Å². The van der Waals surface area contributed by atoms with E-state index in [1.165, 1.54) is 43.8 Å². The lowest BCUT2D eigenvalue weighted by atomic mass is 10.1. The number of benzene rings is 1. The third-order valence-corrected chi connectivity index (χ3v) is 14.6. The van der Waals surface area contributed by atoms with Gasteiger partial charge in [0, 0.05) is 39.3 Å². The van der Waals surface area contributed by atoms with Crippen LogP contribution in [0.2, 0.25) is 18.1 Å². The summed E-state index contributed by atoms with van der Waals surface area (Å²) in [6, 6.07) is 3.72. The molecule has 6 atom stereocenters. The number of ether oxygens (including phenoxy) is 5. The fourth-order valence-corrected chi connectivity index (χ4v) is 7.46. The Hall–Kier alpha value is -5.19. The van der Waals surface area contributed by atoms with Crippen molar-refractivity contribution in [1.82, 2.24) is 24.8 Å². The molecule has 3 aromatic rings. The number of urea groups is 1. The van der Waals surface area contributed by atoms with Gasteiger partial charge in [0.15, 0.2) is 54.9 Å². The van der Waals surface area contributed by atoms with Gasteiger partial charge in [-0.05, 0) is 36.9 Å². The number of nitrogens with zero attached hydrogens (tertiary/aromatic N) is 5. The highest BCUT2D eigenvalue weighted by molar-refractivity contribution is 7.98. The van der Waals surface area contributed by atoms with Crippen LogP contribution in [0.4, 0.5) is 16.3 Å². The number of carbonyl (C=O) groups is 5. The molecule has 58 heavy (non-hydrogen) atoms. The Bertz CT molecular complexity index is 2010. The number of amides is 2. The van der Waals surface area contributed by atoms with Gasteiger partial charge in [-0.25, -0.2) is 24.5 Å². The first-order valence-corrected chi connectivity index (χ1v) is 22.3. The average Bonchev–Trinajstić information content (AvgIpc) is 3.69. The van der Waals surface area contributed by atoms with E-state index in [0.29, 0.717) is 5.56 Å². The normalized spacial score (nSPS) is 19.1. The van der Waals surface area contributed by atoms with Gasteiger partial charge in [-0.3, -0.25) is 34.4 Å². The lowest BCUT2D eigenvalue weighted by Gasteiger charge is -2.40. The van der Waals surface area contributed by atoms with Crippen LogP contribution in [0.3, 0.4) is 0 Å². The maximum absolute atomic E-state index is 13.8. The van der Waals surface area contributed by atoms with Crippen molar-refractivity contribution in [2.45, 2.75) is 115 Å². The second kappa shape index (κ2) is 19.0. The third kappa shape index (κ3) is 11.5. The quantitative estimate of drug-likeness (QED) is 0.0384. The molecule has 0 spiro atoms. The van der Waals surface area contributed by atoms with Crippen LogP contribution in [0.1, 0.15) is 60.3 Å². The molecule has 0 aliphatic carbocycles. The van der Waals surface area contributed by atoms with Gasteiger partial charge < -0.3 is 33.4 Å². The smallest absolute Gasteiger partial charge is 0.331 e. The highest BCUT2D eigenvalue weighted by Gasteiger charge is 2.51. The van der Waals surface area contributed by atoms with Gasteiger partial charge in [0.2, 0.25) is 0 Å². The van der Waals surface area contributed by atoms with Gasteiger partial charge in [-0.2, -0.15) is 0 Å². The molecule has 316 valence electrons. The number of esters is 4. The summed E-state index contributed by atoms with van der Waals surface area (Å²) in [6.07, 6.45) is -2.23. The van der Waals surface area contributed by atoms with E-state index in [2.05, 4.69) is 25.6 Å². The van der Waals surface area contributed by atoms with E-state index in [9.17, 15) is 34.1 Å². The molecule has 2 N–H and O–H groups in total. The van der Waals surface area contributed by atoms with Gasteiger partial charge in [-0.15, -0.1) is 0 Å².